The SMILES string of the molecule is CCOc1ccc(C(=O)OC(C)C(=O)N2CCN(Cc3ccccc3)CC2)cc1[N+](=O)[O-]. The Hall–Kier alpha value is -3.46. The highest BCUT2D eigenvalue weighted by atomic mass is 16.6. The third kappa shape index (κ3) is 5.82. The Morgan fingerprint density at radius 3 is 2.41 bits per heavy atom. The molecule has 1 amide bonds. The molecule has 1 saturated heterocycles. The maximum absolute atomic E-state index is 12.7. The van der Waals surface area contributed by atoms with Gasteiger partial charge < -0.3 is 14.4 Å². The summed E-state index contributed by atoms with van der Waals surface area (Å²) >= 11 is 0. The normalized spacial score (nSPS) is 15.1. The number of nitro groups is 1. The Labute approximate surface area is 186 Å². The van der Waals surface area contributed by atoms with Gasteiger partial charge >= 0.3 is 11.7 Å². The van der Waals surface area contributed by atoms with Gasteiger partial charge in [-0.3, -0.25) is 19.8 Å². The predicted molar refractivity (Wildman–Crippen MR) is 117 cm³/mol. The van der Waals surface area contributed by atoms with Crippen molar-refractivity contribution in [2.24, 2.45) is 0 Å². The zero-order valence-electron chi connectivity index (χ0n) is 18.2. The number of piperazine rings is 1. The number of hydrogen-bond acceptors (Lipinski definition) is 7. The van der Waals surface area contributed by atoms with Gasteiger partial charge in [0.2, 0.25) is 0 Å². The van der Waals surface area contributed by atoms with Crippen molar-refractivity contribution in [2.75, 3.05) is 32.8 Å². The molecular weight excluding hydrogens is 414 g/mol. The summed E-state index contributed by atoms with van der Waals surface area (Å²) in [6.07, 6.45) is -0.992. The average Bonchev–Trinajstić information content (AvgIpc) is 2.80. The summed E-state index contributed by atoms with van der Waals surface area (Å²) in [6, 6.07) is 14.0. The summed E-state index contributed by atoms with van der Waals surface area (Å²) in [5.74, 6) is -0.996. The number of carbonyl (C=O) groups is 2. The van der Waals surface area contributed by atoms with Crippen LogP contribution in [0.2, 0.25) is 0 Å². The van der Waals surface area contributed by atoms with Gasteiger partial charge in [0.1, 0.15) is 0 Å². The molecule has 2 aromatic carbocycles. The molecule has 170 valence electrons. The molecule has 3 rings (SSSR count). The molecule has 1 unspecified atom stereocenters. The van der Waals surface area contributed by atoms with Crippen molar-refractivity contribution in [3.63, 3.8) is 0 Å². The maximum Gasteiger partial charge on any atom is 0.339 e. The lowest BCUT2D eigenvalue weighted by molar-refractivity contribution is -0.385. The van der Waals surface area contributed by atoms with Crippen LogP contribution in [0, 0.1) is 10.1 Å². The molecule has 1 aliphatic rings. The van der Waals surface area contributed by atoms with Crippen LogP contribution in [-0.2, 0) is 16.1 Å². The van der Waals surface area contributed by atoms with Gasteiger partial charge in [-0.05, 0) is 31.5 Å². The number of esters is 1. The highest BCUT2D eigenvalue weighted by Crippen LogP contribution is 2.28. The lowest BCUT2D eigenvalue weighted by Gasteiger charge is -2.35. The second-order valence-electron chi connectivity index (χ2n) is 7.51. The van der Waals surface area contributed by atoms with Crippen molar-refractivity contribution in [3.05, 3.63) is 69.8 Å². The minimum absolute atomic E-state index is 0.00696. The Bertz CT molecular complexity index is 957. The first-order valence-electron chi connectivity index (χ1n) is 10.6. The minimum atomic E-state index is -0.992. The van der Waals surface area contributed by atoms with Gasteiger partial charge in [0.15, 0.2) is 11.9 Å². The number of hydrogen-bond donors (Lipinski definition) is 0. The van der Waals surface area contributed by atoms with Gasteiger partial charge in [-0.25, -0.2) is 4.79 Å². The molecule has 0 aliphatic carbocycles. The van der Waals surface area contributed by atoms with Gasteiger partial charge in [-0.1, -0.05) is 30.3 Å². The molecule has 1 fully saturated rings. The van der Waals surface area contributed by atoms with Crippen LogP contribution >= 0.6 is 0 Å². The number of carbonyl (C=O) groups excluding carboxylic acids is 2. The van der Waals surface area contributed by atoms with Crippen LogP contribution in [0.3, 0.4) is 0 Å². The van der Waals surface area contributed by atoms with Crippen LogP contribution in [0.15, 0.2) is 48.5 Å². The first-order valence-corrected chi connectivity index (χ1v) is 10.6. The number of nitrogens with zero attached hydrogens (tertiary/aromatic N) is 3. The molecular formula is C23H27N3O6. The predicted octanol–water partition coefficient (Wildman–Crippen LogP) is 2.88. The van der Waals surface area contributed by atoms with Gasteiger partial charge in [-0.2, -0.15) is 0 Å². The Morgan fingerprint density at radius 1 is 1.09 bits per heavy atom. The van der Waals surface area contributed by atoms with Gasteiger partial charge in [0, 0.05) is 38.8 Å². The largest absolute Gasteiger partial charge is 0.487 e. The lowest BCUT2D eigenvalue weighted by Crippen LogP contribution is -2.51. The van der Waals surface area contributed by atoms with E-state index in [9.17, 15) is 19.7 Å². The first kappa shape index (κ1) is 23.2. The van der Waals surface area contributed by atoms with Crippen LogP contribution in [0.4, 0.5) is 5.69 Å². The van der Waals surface area contributed by atoms with Crippen molar-refractivity contribution in [3.8, 4) is 5.75 Å². The van der Waals surface area contributed by atoms with Crippen LogP contribution < -0.4 is 4.74 Å². The van der Waals surface area contributed by atoms with E-state index >= 15 is 0 Å². The van der Waals surface area contributed by atoms with Crippen molar-refractivity contribution >= 4 is 17.6 Å². The molecule has 9 nitrogen and oxygen atoms in total. The number of benzene rings is 2. The topological polar surface area (TPSA) is 102 Å². The molecule has 0 radical (unpaired) electrons. The second-order valence-corrected chi connectivity index (χ2v) is 7.51. The summed E-state index contributed by atoms with van der Waals surface area (Å²) in [4.78, 5) is 39.8. The molecule has 1 atom stereocenters. The Morgan fingerprint density at radius 2 is 1.78 bits per heavy atom. The molecule has 0 aromatic heterocycles. The van der Waals surface area contributed by atoms with E-state index in [1.54, 1.807) is 11.8 Å². The monoisotopic (exact) mass is 441 g/mol. The first-order chi connectivity index (χ1) is 15.4. The van der Waals surface area contributed by atoms with E-state index in [-0.39, 0.29) is 29.5 Å². The molecule has 1 aliphatic heterocycles. The summed E-state index contributed by atoms with van der Waals surface area (Å²) in [5.41, 5.74) is 0.890. The summed E-state index contributed by atoms with van der Waals surface area (Å²) in [7, 11) is 0. The van der Waals surface area contributed by atoms with E-state index in [0.29, 0.717) is 13.1 Å². The molecule has 0 saturated carbocycles. The van der Waals surface area contributed by atoms with E-state index in [0.717, 1.165) is 25.7 Å². The Balaban J connectivity index is 1.55. The number of nitro benzene ring substituents is 1. The molecule has 32 heavy (non-hydrogen) atoms. The fourth-order valence-electron chi connectivity index (χ4n) is 3.57. The van der Waals surface area contributed by atoms with Gasteiger partial charge in [0.05, 0.1) is 17.1 Å². The van der Waals surface area contributed by atoms with Crippen molar-refractivity contribution in [2.45, 2.75) is 26.5 Å². The van der Waals surface area contributed by atoms with E-state index in [1.165, 1.54) is 24.6 Å². The Kier molecular flexibility index (Phi) is 7.77. The standard InChI is InChI=1S/C23H27N3O6/c1-3-31-21-10-9-19(15-20(21)26(29)30)23(28)32-17(2)22(27)25-13-11-24(12-14-25)16-18-7-5-4-6-8-18/h4-10,15,17H,3,11-14,16H2,1-2H3. The number of rotatable bonds is 8. The average molecular weight is 441 g/mol. The molecule has 2 aromatic rings. The van der Waals surface area contributed by atoms with Gasteiger partial charge in [0.25, 0.3) is 5.91 Å². The molecule has 1 heterocycles. The van der Waals surface area contributed by atoms with Crippen LogP contribution in [-0.4, -0.2) is 65.5 Å². The lowest BCUT2D eigenvalue weighted by atomic mass is 10.2. The van der Waals surface area contributed by atoms with E-state index < -0.39 is 17.0 Å². The van der Waals surface area contributed by atoms with E-state index in [2.05, 4.69) is 17.0 Å². The van der Waals surface area contributed by atoms with E-state index in [1.807, 2.05) is 18.2 Å². The fourth-order valence-corrected chi connectivity index (χ4v) is 3.57. The third-order valence-electron chi connectivity index (χ3n) is 5.26. The molecule has 0 bridgehead atoms. The smallest absolute Gasteiger partial charge is 0.339 e. The van der Waals surface area contributed by atoms with E-state index in [4.69, 9.17) is 9.47 Å². The second kappa shape index (κ2) is 10.7. The van der Waals surface area contributed by atoms with Crippen molar-refractivity contribution < 1.29 is 24.0 Å². The van der Waals surface area contributed by atoms with Crippen LogP contribution in [0.5, 0.6) is 5.75 Å². The molecule has 9 heteroatoms. The van der Waals surface area contributed by atoms with Crippen LogP contribution in [0.25, 0.3) is 0 Å². The van der Waals surface area contributed by atoms with Crippen molar-refractivity contribution in [1.29, 1.82) is 0 Å². The zero-order chi connectivity index (χ0) is 23.1. The van der Waals surface area contributed by atoms with Gasteiger partial charge in [-0.15, -0.1) is 0 Å². The number of ether oxygens (including phenoxy) is 2. The molecule has 0 spiro atoms. The maximum atomic E-state index is 12.7. The third-order valence-corrected chi connectivity index (χ3v) is 5.26. The highest BCUT2D eigenvalue weighted by Gasteiger charge is 2.28. The highest BCUT2D eigenvalue weighted by molar-refractivity contribution is 5.93. The quantitative estimate of drug-likeness (QED) is 0.353. The zero-order valence-corrected chi connectivity index (χ0v) is 18.2. The summed E-state index contributed by atoms with van der Waals surface area (Å²) in [5, 5.41) is 11.3. The summed E-state index contributed by atoms with van der Waals surface area (Å²) < 4.78 is 10.5. The number of amides is 1. The van der Waals surface area contributed by atoms with Crippen LogP contribution in [0.1, 0.15) is 29.8 Å². The minimum Gasteiger partial charge on any atom is -0.487 e. The molecule has 0 N–H and O–H groups in total. The van der Waals surface area contributed by atoms with Crippen molar-refractivity contribution in [1.82, 2.24) is 9.80 Å². The fraction of sp³-hybridized carbons (Fsp3) is 0.391. The summed E-state index contributed by atoms with van der Waals surface area (Å²) in [6.45, 7) is 6.85.